The fraction of sp³-hybridized carbons (Fsp3) is 0.714. The molecule has 0 aromatic rings. The number of rotatable bonds is 8. The van der Waals surface area contributed by atoms with Crippen molar-refractivity contribution in [3.8, 4) is 6.07 Å². The summed E-state index contributed by atoms with van der Waals surface area (Å²) in [5, 5.41) is 12.4. The Hall–Kier alpha value is -1.62. The quantitative estimate of drug-likeness (QED) is 0.477. The van der Waals surface area contributed by atoms with E-state index in [1.165, 1.54) is 0 Å². The van der Waals surface area contributed by atoms with Crippen LogP contribution in [0.25, 0.3) is 0 Å². The molecule has 0 aromatic carbocycles. The molecule has 0 saturated carbocycles. The third kappa shape index (κ3) is 6.12. The van der Waals surface area contributed by atoms with Crippen molar-refractivity contribution in [2.24, 2.45) is 0 Å². The van der Waals surface area contributed by atoms with E-state index in [4.69, 9.17) is 9.47 Å². The van der Waals surface area contributed by atoms with Gasteiger partial charge in [0.2, 0.25) is 0 Å². The first-order chi connectivity index (χ1) is 10.2. The first kappa shape index (κ1) is 17.4. The van der Waals surface area contributed by atoms with E-state index in [2.05, 4.69) is 5.32 Å². The molecule has 7 nitrogen and oxygen atoms in total. The first-order valence-electron chi connectivity index (χ1n) is 7.06. The largest absolute Gasteiger partial charge is 0.383 e. The van der Waals surface area contributed by atoms with Gasteiger partial charge in [0.15, 0.2) is 0 Å². The lowest BCUT2D eigenvalue weighted by atomic mass is 10.2. The molecular weight excluding hydrogens is 272 g/mol. The van der Waals surface area contributed by atoms with E-state index in [9.17, 15) is 10.1 Å². The zero-order valence-electron chi connectivity index (χ0n) is 12.8. The van der Waals surface area contributed by atoms with Crippen LogP contribution in [0.3, 0.4) is 0 Å². The summed E-state index contributed by atoms with van der Waals surface area (Å²) in [5.41, 5.74) is 0.157. The van der Waals surface area contributed by atoms with Crippen LogP contribution in [0.15, 0.2) is 11.8 Å². The van der Waals surface area contributed by atoms with Crippen molar-refractivity contribution >= 4 is 5.91 Å². The topological polar surface area (TPSA) is 77.8 Å². The van der Waals surface area contributed by atoms with Crippen LogP contribution < -0.4 is 5.32 Å². The maximum atomic E-state index is 12.3. The van der Waals surface area contributed by atoms with Gasteiger partial charge >= 0.3 is 0 Å². The lowest BCUT2D eigenvalue weighted by Gasteiger charge is -2.28. The molecule has 1 heterocycles. The molecule has 1 N–H and O–H groups in total. The molecule has 1 aliphatic rings. The van der Waals surface area contributed by atoms with E-state index >= 15 is 0 Å². The van der Waals surface area contributed by atoms with E-state index < -0.39 is 0 Å². The van der Waals surface area contributed by atoms with Crippen LogP contribution in [0.1, 0.15) is 0 Å². The molecular formula is C14H24N4O3. The average molecular weight is 296 g/mol. The van der Waals surface area contributed by atoms with Crippen LogP contribution in [0.4, 0.5) is 0 Å². The Bertz CT molecular complexity index is 378. The molecule has 7 heteroatoms. The fourth-order valence-electron chi connectivity index (χ4n) is 2.01. The van der Waals surface area contributed by atoms with Crippen molar-refractivity contribution in [2.75, 3.05) is 66.7 Å². The summed E-state index contributed by atoms with van der Waals surface area (Å²) >= 11 is 0. The van der Waals surface area contributed by atoms with Gasteiger partial charge < -0.3 is 24.6 Å². The van der Waals surface area contributed by atoms with E-state index in [1.807, 2.05) is 11.0 Å². The number of nitrogens with zero attached hydrogens (tertiary/aromatic N) is 3. The maximum absolute atomic E-state index is 12.3. The molecule has 0 atom stereocenters. The van der Waals surface area contributed by atoms with Gasteiger partial charge in [0, 0.05) is 59.7 Å². The summed E-state index contributed by atoms with van der Waals surface area (Å²) in [6, 6.07) is 2.01. The number of amides is 1. The second kappa shape index (κ2) is 10.2. The lowest BCUT2D eigenvalue weighted by Crippen LogP contribution is -2.47. The molecule has 21 heavy (non-hydrogen) atoms. The molecule has 0 aromatic heterocycles. The highest BCUT2D eigenvalue weighted by Gasteiger charge is 2.20. The van der Waals surface area contributed by atoms with Crippen molar-refractivity contribution in [1.82, 2.24) is 15.1 Å². The number of ether oxygens (including phenoxy) is 2. The van der Waals surface area contributed by atoms with Gasteiger partial charge in [-0.2, -0.15) is 5.26 Å². The van der Waals surface area contributed by atoms with Gasteiger partial charge in [0.05, 0.1) is 13.2 Å². The minimum absolute atomic E-state index is 0.157. The van der Waals surface area contributed by atoms with Gasteiger partial charge in [-0.15, -0.1) is 0 Å². The number of nitriles is 1. The summed E-state index contributed by atoms with van der Waals surface area (Å²) in [4.78, 5) is 15.9. The number of carbonyl (C=O) groups excluding carboxylic acids is 1. The zero-order chi connectivity index (χ0) is 15.5. The van der Waals surface area contributed by atoms with E-state index in [0.717, 1.165) is 13.1 Å². The van der Waals surface area contributed by atoms with Crippen molar-refractivity contribution in [2.45, 2.75) is 0 Å². The summed E-state index contributed by atoms with van der Waals surface area (Å²) in [6.45, 7) is 5.08. The molecule has 118 valence electrons. The van der Waals surface area contributed by atoms with Gasteiger partial charge in [0.25, 0.3) is 5.91 Å². The Morgan fingerprint density at radius 1 is 1.29 bits per heavy atom. The van der Waals surface area contributed by atoms with Crippen LogP contribution in [0, 0.1) is 11.3 Å². The molecule has 1 saturated heterocycles. The SMILES string of the molecule is COCCN(/C=C(/C#N)C(=O)N1CCNCC1)CCOC. The first-order valence-corrected chi connectivity index (χ1v) is 7.06. The Kier molecular flexibility index (Phi) is 8.43. The standard InChI is InChI=1S/C14H24N4O3/c1-20-9-7-17(8-10-21-2)12-13(11-15)14(19)18-5-3-16-4-6-18/h12,16H,3-10H2,1-2H3/b13-12-. The van der Waals surface area contributed by atoms with E-state index in [-0.39, 0.29) is 11.5 Å². The van der Waals surface area contributed by atoms with Crippen molar-refractivity contribution in [3.05, 3.63) is 11.8 Å². The lowest BCUT2D eigenvalue weighted by molar-refractivity contribution is -0.127. The van der Waals surface area contributed by atoms with Gasteiger partial charge in [-0.05, 0) is 0 Å². The summed E-state index contributed by atoms with van der Waals surface area (Å²) < 4.78 is 10.1. The second-order valence-electron chi connectivity index (χ2n) is 4.72. The van der Waals surface area contributed by atoms with Gasteiger partial charge in [-0.1, -0.05) is 0 Å². The number of hydrogen-bond donors (Lipinski definition) is 1. The van der Waals surface area contributed by atoms with Crippen molar-refractivity contribution in [1.29, 1.82) is 5.26 Å². The summed E-state index contributed by atoms with van der Waals surface area (Å²) in [6.07, 6.45) is 1.61. The highest BCUT2D eigenvalue weighted by molar-refractivity contribution is 5.97. The zero-order valence-corrected chi connectivity index (χ0v) is 12.8. The fourth-order valence-corrected chi connectivity index (χ4v) is 2.01. The third-order valence-corrected chi connectivity index (χ3v) is 3.23. The smallest absolute Gasteiger partial charge is 0.266 e. The molecule has 0 spiro atoms. The van der Waals surface area contributed by atoms with Crippen molar-refractivity contribution < 1.29 is 14.3 Å². The molecule has 1 aliphatic heterocycles. The maximum Gasteiger partial charge on any atom is 0.266 e. The number of carbonyl (C=O) groups is 1. The molecule has 1 rings (SSSR count). The number of nitrogens with one attached hydrogen (secondary N) is 1. The molecule has 0 aliphatic carbocycles. The van der Waals surface area contributed by atoms with Gasteiger partial charge in [0.1, 0.15) is 11.6 Å². The van der Waals surface area contributed by atoms with E-state index in [1.54, 1.807) is 25.3 Å². The molecule has 0 bridgehead atoms. The monoisotopic (exact) mass is 296 g/mol. The molecule has 1 fully saturated rings. The highest BCUT2D eigenvalue weighted by atomic mass is 16.5. The van der Waals surface area contributed by atoms with Crippen molar-refractivity contribution in [3.63, 3.8) is 0 Å². The highest BCUT2D eigenvalue weighted by Crippen LogP contribution is 2.05. The Balaban J connectivity index is 2.71. The Morgan fingerprint density at radius 2 is 1.86 bits per heavy atom. The van der Waals surface area contributed by atoms with Crippen LogP contribution in [0.2, 0.25) is 0 Å². The van der Waals surface area contributed by atoms with Gasteiger partial charge in [-0.3, -0.25) is 4.79 Å². The van der Waals surface area contributed by atoms with E-state index in [0.29, 0.717) is 39.4 Å². The third-order valence-electron chi connectivity index (χ3n) is 3.23. The predicted molar refractivity (Wildman–Crippen MR) is 78.5 cm³/mol. The second-order valence-corrected chi connectivity index (χ2v) is 4.72. The Morgan fingerprint density at radius 3 is 2.33 bits per heavy atom. The normalized spacial score (nSPS) is 15.7. The molecule has 0 unspecified atom stereocenters. The van der Waals surface area contributed by atoms with Crippen LogP contribution >= 0.6 is 0 Å². The van der Waals surface area contributed by atoms with Gasteiger partial charge in [-0.25, -0.2) is 0 Å². The molecule has 0 radical (unpaired) electrons. The number of methoxy groups -OCH3 is 2. The summed E-state index contributed by atoms with van der Waals surface area (Å²) in [5.74, 6) is -0.209. The number of piperazine rings is 1. The summed E-state index contributed by atoms with van der Waals surface area (Å²) in [7, 11) is 3.24. The average Bonchev–Trinajstić information content (AvgIpc) is 2.54. The molecule has 1 amide bonds. The minimum atomic E-state index is -0.209. The predicted octanol–water partition coefficient (Wildman–Crippen LogP) is -0.580. The minimum Gasteiger partial charge on any atom is -0.383 e. The van der Waals surface area contributed by atoms with Crippen LogP contribution in [-0.2, 0) is 14.3 Å². The number of hydrogen-bond acceptors (Lipinski definition) is 6. The Labute approximate surface area is 126 Å². The van der Waals surface area contributed by atoms with Crippen LogP contribution in [0.5, 0.6) is 0 Å². The van der Waals surface area contributed by atoms with Crippen LogP contribution in [-0.4, -0.2) is 82.4 Å².